The molecule has 27 heavy (non-hydrogen) atoms. The minimum Gasteiger partial charge on any atom is -0.417 e. The van der Waals surface area contributed by atoms with Crippen LogP contribution in [0, 0.1) is 11.8 Å². The third-order valence-corrected chi connectivity index (χ3v) is 12.0. The van der Waals surface area contributed by atoms with Crippen molar-refractivity contribution in [1.29, 1.82) is 0 Å². The van der Waals surface area contributed by atoms with Crippen molar-refractivity contribution in [1.82, 2.24) is 0 Å². The number of hydrogen-bond donors (Lipinski definition) is 1. The standard InChI is InChI=1S/C24H42O2Si/c1-16(2)18-11-19(17(3)4)13-20(12-18)24(8)21(14-25)22(24)15-26-27(9,10)23(5,6)7/h11-13,16-17,21-22,25H,14-15H2,1-10H3/t21-,22+,24-/m0/s1. The molecule has 2 nitrogen and oxygen atoms in total. The van der Waals surface area contributed by atoms with Crippen LogP contribution in [0.15, 0.2) is 18.2 Å². The molecule has 0 spiro atoms. The second-order valence-electron chi connectivity index (χ2n) is 10.9. The van der Waals surface area contributed by atoms with Gasteiger partial charge in [0.25, 0.3) is 0 Å². The van der Waals surface area contributed by atoms with Gasteiger partial charge in [0.2, 0.25) is 0 Å². The van der Waals surface area contributed by atoms with Gasteiger partial charge in [-0.3, -0.25) is 0 Å². The zero-order chi connectivity index (χ0) is 20.8. The van der Waals surface area contributed by atoms with E-state index in [0.29, 0.717) is 23.7 Å². The SMILES string of the molecule is CC(C)c1cc(C(C)C)cc([C@]2(C)[C@H](CO[Si](C)(C)C(C)(C)C)[C@@H]2CO)c1. The highest BCUT2D eigenvalue weighted by Gasteiger charge is 2.62. The second-order valence-corrected chi connectivity index (χ2v) is 15.8. The third-order valence-electron chi connectivity index (χ3n) is 7.48. The highest BCUT2D eigenvalue weighted by atomic mass is 28.4. The van der Waals surface area contributed by atoms with Gasteiger partial charge in [-0.05, 0) is 58.5 Å². The monoisotopic (exact) mass is 390 g/mol. The number of hydrogen-bond acceptors (Lipinski definition) is 2. The van der Waals surface area contributed by atoms with E-state index in [1.807, 2.05) is 0 Å². The van der Waals surface area contributed by atoms with Gasteiger partial charge in [-0.1, -0.05) is 73.6 Å². The van der Waals surface area contributed by atoms with Gasteiger partial charge in [0.05, 0.1) is 0 Å². The summed E-state index contributed by atoms with van der Waals surface area (Å²) < 4.78 is 6.55. The highest BCUT2D eigenvalue weighted by molar-refractivity contribution is 6.74. The molecule has 1 saturated carbocycles. The summed E-state index contributed by atoms with van der Waals surface area (Å²) in [4.78, 5) is 0. The molecule has 0 radical (unpaired) electrons. The number of rotatable bonds is 7. The summed E-state index contributed by atoms with van der Waals surface area (Å²) in [6.45, 7) is 23.9. The van der Waals surface area contributed by atoms with E-state index < -0.39 is 8.32 Å². The van der Waals surface area contributed by atoms with E-state index in [0.717, 1.165) is 6.61 Å². The summed E-state index contributed by atoms with van der Waals surface area (Å²) in [5.74, 6) is 1.72. The lowest BCUT2D eigenvalue weighted by molar-refractivity contribution is 0.232. The third kappa shape index (κ3) is 4.36. The van der Waals surface area contributed by atoms with Crippen LogP contribution in [0.5, 0.6) is 0 Å². The maximum absolute atomic E-state index is 10.1. The fourth-order valence-corrected chi connectivity index (χ4v) is 4.93. The van der Waals surface area contributed by atoms with Crippen molar-refractivity contribution in [2.24, 2.45) is 11.8 Å². The first kappa shape index (κ1) is 22.6. The molecule has 0 unspecified atom stereocenters. The fourth-order valence-electron chi connectivity index (χ4n) is 3.90. The molecule has 1 fully saturated rings. The molecule has 1 aliphatic carbocycles. The Balaban J connectivity index is 2.31. The Labute approximate surface area is 168 Å². The molecule has 1 aliphatic rings. The van der Waals surface area contributed by atoms with Gasteiger partial charge in [0, 0.05) is 18.6 Å². The van der Waals surface area contributed by atoms with Crippen molar-refractivity contribution in [3.63, 3.8) is 0 Å². The molecule has 0 aliphatic heterocycles. The van der Waals surface area contributed by atoms with Gasteiger partial charge in [-0.15, -0.1) is 0 Å². The number of aliphatic hydroxyl groups excluding tert-OH is 1. The maximum Gasteiger partial charge on any atom is 0.191 e. The number of benzene rings is 1. The van der Waals surface area contributed by atoms with E-state index in [9.17, 15) is 5.11 Å². The number of aliphatic hydroxyl groups is 1. The van der Waals surface area contributed by atoms with Crippen LogP contribution >= 0.6 is 0 Å². The van der Waals surface area contributed by atoms with Crippen molar-refractivity contribution < 1.29 is 9.53 Å². The Morgan fingerprint density at radius 1 is 1.00 bits per heavy atom. The van der Waals surface area contributed by atoms with Crippen LogP contribution in [0.4, 0.5) is 0 Å². The van der Waals surface area contributed by atoms with Crippen LogP contribution in [0.1, 0.15) is 83.9 Å². The van der Waals surface area contributed by atoms with E-state index in [4.69, 9.17) is 4.43 Å². The molecule has 0 bridgehead atoms. The Bertz CT molecular complexity index is 631. The molecule has 1 aromatic carbocycles. The molecule has 0 saturated heterocycles. The molecular weight excluding hydrogens is 348 g/mol. The molecule has 3 atom stereocenters. The Morgan fingerprint density at radius 2 is 1.48 bits per heavy atom. The van der Waals surface area contributed by atoms with Crippen LogP contribution in [-0.4, -0.2) is 26.6 Å². The molecule has 0 aromatic heterocycles. The van der Waals surface area contributed by atoms with Gasteiger partial charge >= 0.3 is 0 Å². The second kappa shape index (κ2) is 7.65. The van der Waals surface area contributed by atoms with Crippen molar-refractivity contribution >= 4 is 8.32 Å². The van der Waals surface area contributed by atoms with E-state index in [2.05, 4.69) is 86.7 Å². The lowest BCUT2D eigenvalue weighted by Gasteiger charge is -2.36. The van der Waals surface area contributed by atoms with Gasteiger partial charge < -0.3 is 9.53 Å². The first-order valence-electron chi connectivity index (χ1n) is 10.7. The van der Waals surface area contributed by atoms with Gasteiger partial charge in [0.1, 0.15) is 0 Å². The highest BCUT2D eigenvalue weighted by Crippen LogP contribution is 2.60. The lowest BCUT2D eigenvalue weighted by Crippen LogP contribution is -2.41. The summed E-state index contributed by atoms with van der Waals surface area (Å²) >= 11 is 0. The van der Waals surface area contributed by atoms with Gasteiger partial charge in [-0.25, -0.2) is 0 Å². The van der Waals surface area contributed by atoms with Crippen LogP contribution < -0.4 is 0 Å². The summed E-state index contributed by atoms with van der Waals surface area (Å²) in [5.41, 5.74) is 4.22. The normalized spacial score (nSPS) is 26.1. The summed E-state index contributed by atoms with van der Waals surface area (Å²) in [7, 11) is -1.77. The van der Waals surface area contributed by atoms with Crippen LogP contribution in [0.25, 0.3) is 0 Å². The molecule has 3 heteroatoms. The molecule has 2 rings (SSSR count). The van der Waals surface area contributed by atoms with Gasteiger partial charge in [-0.2, -0.15) is 0 Å². The lowest BCUT2D eigenvalue weighted by atomic mass is 9.86. The Morgan fingerprint density at radius 3 is 1.85 bits per heavy atom. The average molecular weight is 391 g/mol. The van der Waals surface area contributed by atoms with E-state index in [-0.39, 0.29) is 17.1 Å². The van der Waals surface area contributed by atoms with Crippen molar-refractivity contribution in [3.05, 3.63) is 34.9 Å². The molecular formula is C24H42O2Si. The zero-order valence-electron chi connectivity index (χ0n) is 19.3. The summed E-state index contributed by atoms with van der Waals surface area (Å²) in [6, 6.07) is 7.12. The average Bonchev–Trinajstić information content (AvgIpc) is 3.16. The Hall–Kier alpha value is -0.643. The van der Waals surface area contributed by atoms with Gasteiger partial charge in [0.15, 0.2) is 8.32 Å². The Kier molecular flexibility index (Phi) is 6.41. The maximum atomic E-state index is 10.1. The smallest absolute Gasteiger partial charge is 0.191 e. The first-order chi connectivity index (χ1) is 12.3. The topological polar surface area (TPSA) is 29.5 Å². The van der Waals surface area contributed by atoms with E-state index >= 15 is 0 Å². The largest absolute Gasteiger partial charge is 0.417 e. The zero-order valence-corrected chi connectivity index (χ0v) is 20.3. The summed E-state index contributed by atoms with van der Waals surface area (Å²) in [6.07, 6.45) is 0. The van der Waals surface area contributed by atoms with E-state index in [1.54, 1.807) is 0 Å². The minimum absolute atomic E-state index is 0.0195. The predicted octanol–water partition coefficient (Wildman–Crippen LogP) is 6.45. The van der Waals surface area contributed by atoms with Crippen LogP contribution in [-0.2, 0) is 9.84 Å². The molecule has 154 valence electrons. The van der Waals surface area contributed by atoms with E-state index in [1.165, 1.54) is 16.7 Å². The predicted molar refractivity (Wildman–Crippen MR) is 119 cm³/mol. The van der Waals surface area contributed by atoms with Crippen LogP contribution in [0.2, 0.25) is 18.1 Å². The fraction of sp³-hybridized carbons (Fsp3) is 0.750. The first-order valence-corrected chi connectivity index (χ1v) is 13.6. The van der Waals surface area contributed by atoms with Crippen molar-refractivity contribution in [3.8, 4) is 0 Å². The minimum atomic E-state index is -1.77. The molecule has 1 N–H and O–H groups in total. The molecule has 0 amide bonds. The van der Waals surface area contributed by atoms with Crippen molar-refractivity contribution in [2.45, 2.75) is 90.8 Å². The quantitative estimate of drug-likeness (QED) is 0.542. The summed E-state index contributed by atoms with van der Waals surface area (Å²) in [5, 5.41) is 10.3. The van der Waals surface area contributed by atoms with Crippen LogP contribution in [0.3, 0.4) is 0 Å². The van der Waals surface area contributed by atoms with Crippen molar-refractivity contribution in [2.75, 3.05) is 13.2 Å². The molecule has 0 heterocycles. The molecule has 1 aromatic rings.